The van der Waals surface area contributed by atoms with Gasteiger partial charge < -0.3 is 14.6 Å². The van der Waals surface area contributed by atoms with E-state index >= 15 is 0 Å². The molecule has 0 spiro atoms. The summed E-state index contributed by atoms with van der Waals surface area (Å²) in [5, 5.41) is 9.32. The fourth-order valence-electron chi connectivity index (χ4n) is 3.30. The van der Waals surface area contributed by atoms with E-state index in [4.69, 9.17) is 9.47 Å². The monoisotopic (exact) mass is 438 g/mol. The Labute approximate surface area is 192 Å². The maximum absolute atomic E-state index is 11.7. The molecule has 4 heteroatoms. The Hall–Kier alpha value is -1.13. The minimum atomic E-state index is -0.529. The topological polar surface area (TPSA) is 55.8 Å². The number of hydrogen-bond acceptors (Lipinski definition) is 4. The van der Waals surface area contributed by atoms with Crippen molar-refractivity contribution in [2.75, 3.05) is 19.8 Å². The van der Waals surface area contributed by atoms with Crippen LogP contribution < -0.4 is 0 Å². The quantitative estimate of drug-likeness (QED) is 0.103. The van der Waals surface area contributed by atoms with E-state index < -0.39 is 6.10 Å². The molecule has 1 unspecified atom stereocenters. The summed E-state index contributed by atoms with van der Waals surface area (Å²) in [6.07, 6.45) is 26.8. The number of allylic oxidation sites excluding steroid dienone is 4. The van der Waals surface area contributed by atoms with Gasteiger partial charge in [-0.1, -0.05) is 89.5 Å². The molecule has 0 aliphatic heterocycles. The van der Waals surface area contributed by atoms with Crippen LogP contribution in [0.15, 0.2) is 24.3 Å². The lowest BCUT2D eigenvalue weighted by Crippen LogP contribution is -2.27. The summed E-state index contributed by atoms with van der Waals surface area (Å²) in [6, 6.07) is 0. The third kappa shape index (κ3) is 23.4. The van der Waals surface area contributed by atoms with Gasteiger partial charge in [0.15, 0.2) is 0 Å². The van der Waals surface area contributed by atoms with Gasteiger partial charge in [-0.25, -0.2) is 0 Å². The average molecular weight is 439 g/mol. The van der Waals surface area contributed by atoms with Gasteiger partial charge in [-0.2, -0.15) is 0 Å². The molecule has 182 valence electrons. The Balaban J connectivity index is 3.41. The van der Waals surface area contributed by atoms with Crippen molar-refractivity contribution in [2.45, 2.75) is 123 Å². The standard InChI is InChI=1S/C27H50O4/c1-3-5-7-8-9-10-11-12-13-14-15-16-17-18-19-21-23-30-25-26(24-28)31-27(29)22-20-6-4-2/h9-10,12-13,26,28H,3-8,11,14-25H2,1-2H3/b10-9-,13-12-. The van der Waals surface area contributed by atoms with Gasteiger partial charge >= 0.3 is 5.97 Å². The molecule has 0 heterocycles. The first kappa shape index (κ1) is 29.9. The minimum Gasteiger partial charge on any atom is -0.457 e. The third-order valence-electron chi connectivity index (χ3n) is 5.28. The van der Waals surface area contributed by atoms with E-state index in [1.165, 1.54) is 64.2 Å². The van der Waals surface area contributed by atoms with Gasteiger partial charge in [-0.05, 0) is 44.9 Å². The van der Waals surface area contributed by atoms with Crippen LogP contribution in [0, 0.1) is 0 Å². The number of unbranched alkanes of at least 4 members (excludes halogenated alkanes) is 11. The molecule has 0 fully saturated rings. The van der Waals surface area contributed by atoms with Crippen LogP contribution in [0.5, 0.6) is 0 Å². The normalized spacial score (nSPS) is 12.7. The highest BCUT2D eigenvalue weighted by Crippen LogP contribution is 2.09. The zero-order chi connectivity index (χ0) is 22.8. The predicted octanol–water partition coefficient (Wildman–Crippen LogP) is 7.30. The number of hydrogen-bond donors (Lipinski definition) is 1. The van der Waals surface area contributed by atoms with Crippen molar-refractivity contribution in [1.29, 1.82) is 0 Å². The molecule has 0 aromatic heterocycles. The lowest BCUT2D eigenvalue weighted by atomic mass is 10.1. The molecule has 0 aromatic carbocycles. The summed E-state index contributed by atoms with van der Waals surface area (Å²) < 4.78 is 10.8. The van der Waals surface area contributed by atoms with Crippen LogP contribution in [-0.2, 0) is 14.3 Å². The van der Waals surface area contributed by atoms with Crippen molar-refractivity contribution < 1.29 is 19.4 Å². The molecular formula is C27H50O4. The van der Waals surface area contributed by atoms with Gasteiger partial charge in [0.1, 0.15) is 6.10 Å². The Morgan fingerprint density at radius 3 is 2.00 bits per heavy atom. The molecule has 0 radical (unpaired) electrons. The number of aliphatic hydroxyl groups is 1. The second-order valence-corrected chi connectivity index (χ2v) is 8.41. The van der Waals surface area contributed by atoms with E-state index in [1.54, 1.807) is 0 Å². The highest BCUT2D eigenvalue weighted by Gasteiger charge is 2.13. The van der Waals surface area contributed by atoms with Gasteiger partial charge in [0.05, 0.1) is 13.2 Å². The molecule has 0 aliphatic rings. The summed E-state index contributed by atoms with van der Waals surface area (Å²) in [6.45, 7) is 5.12. The van der Waals surface area contributed by atoms with E-state index in [1.807, 2.05) is 0 Å². The molecule has 0 amide bonds. The van der Waals surface area contributed by atoms with E-state index in [2.05, 4.69) is 38.2 Å². The van der Waals surface area contributed by atoms with Crippen LogP contribution in [0.4, 0.5) is 0 Å². The zero-order valence-electron chi connectivity index (χ0n) is 20.5. The van der Waals surface area contributed by atoms with Crippen LogP contribution in [0.1, 0.15) is 117 Å². The minimum absolute atomic E-state index is 0.177. The Bertz CT molecular complexity index is 431. The van der Waals surface area contributed by atoms with Gasteiger partial charge in [0.25, 0.3) is 0 Å². The first-order valence-electron chi connectivity index (χ1n) is 12.9. The number of carbonyl (C=O) groups excluding carboxylic acids is 1. The summed E-state index contributed by atoms with van der Waals surface area (Å²) in [5.74, 6) is -0.232. The highest BCUT2D eigenvalue weighted by molar-refractivity contribution is 5.69. The molecule has 0 saturated carbocycles. The van der Waals surface area contributed by atoms with Crippen LogP contribution >= 0.6 is 0 Å². The molecule has 0 aliphatic carbocycles. The van der Waals surface area contributed by atoms with Gasteiger partial charge in [-0.15, -0.1) is 0 Å². The first-order chi connectivity index (χ1) is 15.2. The van der Waals surface area contributed by atoms with Crippen LogP contribution in [-0.4, -0.2) is 37.0 Å². The van der Waals surface area contributed by atoms with E-state index in [0.29, 0.717) is 13.0 Å². The summed E-state index contributed by atoms with van der Waals surface area (Å²) in [4.78, 5) is 11.7. The van der Waals surface area contributed by atoms with Crippen molar-refractivity contribution in [2.24, 2.45) is 0 Å². The highest BCUT2D eigenvalue weighted by atomic mass is 16.6. The van der Waals surface area contributed by atoms with Gasteiger partial charge in [0, 0.05) is 13.0 Å². The number of carbonyl (C=O) groups is 1. The maximum atomic E-state index is 11.7. The maximum Gasteiger partial charge on any atom is 0.306 e. The van der Waals surface area contributed by atoms with Crippen LogP contribution in [0.2, 0.25) is 0 Å². The Morgan fingerprint density at radius 2 is 1.35 bits per heavy atom. The van der Waals surface area contributed by atoms with Crippen molar-refractivity contribution in [1.82, 2.24) is 0 Å². The molecule has 0 aromatic rings. The van der Waals surface area contributed by atoms with Crippen LogP contribution in [0.3, 0.4) is 0 Å². The predicted molar refractivity (Wildman–Crippen MR) is 131 cm³/mol. The van der Waals surface area contributed by atoms with E-state index in [-0.39, 0.29) is 19.2 Å². The van der Waals surface area contributed by atoms with E-state index in [0.717, 1.165) is 32.1 Å². The molecule has 1 atom stereocenters. The SMILES string of the molecule is CCCCC/C=C\C/C=C\CCCCCCCCOCC(CO)OC(=O)CCCCC. The van der Waals surface area contributed by atoms with Crippen molar-refractivity contribution in [3.8, 4) is 0 Å². The third-order valence-corrected chi connectivity index (χ3v) is 5.28. The molecule has 31 heavy (non-hydrogen) atoms. The molecule has 1 N–H and O–H groups in total. The van der Waals surface area contributed by atoms with Crippen molar-refractivity contribution >= 4 is 5.97 Å². The largest absolute Gasteiger partial charge is 0.457 e. The van der Waals surface area contributed by atoms with Crippen molar-refractivity contribution in [3.05, 3.63) is 24.3 Å². The second kappa shape index (κ2) is 25.1. The Morgan fingerprint density at radius 1 is 0.774 bits per heavy atom. The number of aliphatic hydroxyl groups excluding tert-OH is 1. The van der Waals surface area contributed by atoms with Crippen molar-refractivity contribution in [3.63, 3.8) is 0 Å². The molecule has 0 saturated heterocycles. The molecular weight excluding hydrogens is 388 g/mol. The van der Waals surface area contributed by atoms with Gasteiger partial charge in [-0.3, -0.25) is 4.79 Å². The molecule has 0 rings (SSSR count). The number of ether oxygens (including phenoxy) is 2. The lowest BCUT2D eigenvalue weighted by molar-refractivity contribution is -0.154. The summed E-state index contributed by atoms with van der Waals surface area (Å²) in [7, 11) is 0. The fourth-order valence-corrected chi connectivity index (χ4v) is 3.30. The van der Waals surface area contributed by atoms with E-state index in [9.17, 15) is 9.90 Å². The Kier molecular flexibility index (Phi) is 24.2. The van der Waals surface area contributed by atoms with Crippen LogP contribution in [0.25, 0.3) is 0 Å². The fraction of sp³-hybridized carbons (Fsp3) is 0.815. The lowest BCUT2D eigenvalue weighted by Gasteiger charge is -2.15. The average Bonchev–Trinajstić information content (AvgIpc) is 2.77. The van der Waals surface area contributed by atoms with Gasteiger partial charge in [0.2, 0.25) is 0 Å². The summed E-state index contributed by atoms with van der Waals surface area (Å²) >= 11 is 0. The number of esters is 1. The first-order valence-corrected chi connectivity index (χ1v) is 12.9. The number of rotatable bonds is 23. The molecule has 0 bridgehead atoms. The summed E-state index contributed by atoms with van der Waals surface area (Å²) in [5.41, 5.74) is 0. The molecule has 4 nitrogen and oxygen atoms in total. The zero-order valence-corrected chi connectivity index (χ0v) is 20.5. The second-order valence-electron chi connectivity index (χ2n) is 8.41. The smallest absolute Gasteiger partial charge is 0.306 e.